The average Bonchev–Trinajstić information content (AvgIpc) is 2.37. The first-order valence-corrected chi connectivity index (χ1v) is 6.48. The molecule has 1 aromatic rings. The molecule has 0 fully saturated rings. The molecule has 0 unspecified atom stereocenters. The number of primary amides is 1. The van der Waals surface area contributed by atoms with E-state index in [-0.39, 0.29) is 22.7 Å². The molecule has 0 heterocycles. The molecule has 1 rings (SSSR count). The number of esters is 1. The number of nitrogens with two attached hydrogens (primary N) is 1. The fourth-order valence-electron chi connectivity index (χ4n) is 2.27. The molecule has 5 nitrogen and oxygen atoms in total. The summed E-state index contributed by atoms with van der Waals surface area (Å²) in [6.45, 7) is 3.90. The SMILES string of the molecule is COC(=O)CCCC(C)(C)c1cccc(O)c1C(N)=O. The number of phenols is 1. The number of aromatic hydroxyl groups is 1. The van der Waals surface area contributed by atoms with Crippen molar-refractivity contribution in [3.63, 3.8) is 0 Å². The third-order valence-corrected chi connectivity index (χ3v) is 3.43. The molecule has 1 amide bonds. The van der Waals surface area contributed by atoms with E-state index in [9.17, 15) is 14.7 Å². The highest BCUT2D eigenvalue weighted by Crippen LogP contribution is 2.34. The van der Waals surface area contributed by atoms with Gasteiger partial charge in [-0.05, 0) is 29.9 Å². The van der Waals surface area contributed by atoms with Crippen molar-refractivity contribution in [3.8, 4) is 5.75 Å². The number of rotatable bonds is 6. The monoisotopic (exact) mass is 279 g/mol. The minimum absolute atomic E-state index is 0.115. The molecular weight excluding hydrogens is 258 g/mol. The van der Waals surface area contributed by atoms with E-state index in [1.54, 1.807) is 12.1 Å². The highest BCUT2D eigenvalue weighted by Gasteiger charge is 2.27. The van der Waals surface area contributed by atoms with Crippen molar-refractivity contribution in [2.45, 2.75) is 38.5 Å². The fourth-order valence-corrected chi connectivity index (χ4v) is 2.27. The van der Waals surface area contributed by atoms with Gasteiger partial charge in [0.25, 0.3) is 5.91 Å². The number of carbonyl (C=O) groups excluding carboxylic acids is 2. The number of amides is 1. The van der Waals surface area contributed by atoms with E-state index in [2.05, 4.69) is 4.74 Å². The van der Waals surface area contributed by atoms with Crippen LogP contribution in [-0.2, 0) is 14.9 Å². The van der Waals surface area contributed by atoms with Crippen LogP contribution in [0, 0.1) is 0 Å². The van der Waals surface area contributed by atoms with Crippen LogP contribution in [0.15, 0.2) is 18.2 Å². The van der Waals surface area contributed by atoms with E-state index < -0.39 is 5.91 Å². The van der Waals surface area contributed by atoms with Gasteiger partial charge in [-0.15, -0.1) is 0 Å². The Morgan fingerprint density at radius 3 is 2.55 bits per heavy atom. The first-order valence-electron chi connectivity index (χ1n) is 6.48. The quantitative estimate of drug-likeness (QED) is 0.780. The van der Waals surface area contributed by atoms with Gasteiger partial charge < -0.3 is 15.6 Å². The zero-order valence-corrected chi connectivity index (χ0v) is 12.1. The Kier molecular flexibility index (Phi) is 5.13. The van der Waals surface area contributed by atoms with Gasteiger partial charge in [0.15, 0.2) is 0 Å². The van der Waals surface area contributed by atoms with E-state index in [0.29, 0.717) is 24.8 Å². The van der Waals surface area contributed by atoms with Crippen molar-refractivity contribution in [3.05, 3.63) is 29.3 Å². The summed E-state index contributed by atoms with van der Waals surface area (Å²) in [6.07, 6.45) is 1.63. The number of carbonyl (C=O) groups is 2. The van der Waals surface area contributed by atoms with Crippen LogP contribution in [0.3, 0.4) is 0 Å². The van der Waals surface area contributed by atoms with Gasteiger partial charge in [-0.25, -0.2) is 0 Å². The van der Waals surface area contributed by atoms with Gasteiger partial charge in [0.2, 0.25) is 0 Å². The topological polar surface area (TPSA) is 89.6 Å². The van der Waals surface area contributed by atoms with Crippen molar-refractivity contribution in [1.29, 1.82) is 0 Å². The molecule has 0 radical (unpaired) electrons. The lowest BCUT2D eigenvalue weighted by molar-refractivity contribution is -0.140. The molecule has 0 saturated heterocycles. The summed E-state index contributed by atoms with van der Waals surface area (Å²) < 4.78 is 4.60. The minimum Gasteiger partial charge on any atom is -0.507 e. The maximum absolute atomic E-state index is 11.5. The number of hydrogen-bond acceptors (Lipinski definition) is 4. The molecule has 0 aromatic heterocycles. The zero-order valence-electron chi connectivity index (χ0n) is 12.1. The Bertz CT molecular complexity index is 509. The van der Waals surface area contributed by atoms with E-state index in [1.165, 1.54) is 13.2 Å². The molecule has 0 saturated carbocycles. The van der Waals surface area contributed by atoms with Crippen LogP contribution in [0.25, 0.3) is 0 Å². The van der Waals surface area contributed by atoms with Crippen LogP contribution in [-0.4, -0.2) is 24.1 Å². The summed E-state index contributed by atoms with van der Waals surface area (Å²) in [5, 5.41) is 9.80. The van der Waals surface area contributed by atoms with Crippen LogP contribution in [0.1, 0.15) is 49.0 Å². The number of methoxy groups -OCH3 is 1. The first-order chi connectivity index (χ1) is 9.29. The van der Waals surface area contributed by atoms with Crippen LogP contribution in [0.2, 0.25) is 0 Å². The van der Waals surface area contributed by atoms with Crippen molar-refractivity contribution >= 4 is 11.9 Å². The minimum atomic E-state index is -0.654. The zero-order chi connectivity index (χ0) is 15.3. The molecule has 0 aliphatic heterocycles. The lowest BCUT2D eigenvalue weighted by Crippen LogP contribution is -2.24. The molecule has 5 heteroatoms. The average molecular weight is 279 g/mol. The largest absolute Gasteiger partial charge is 0.507 e. The number of hydrogen-bond donors (Lipinski definition) is 2. The maximum atomic E-state index is 11.5. The second-order valence-electron chi connectivity index (χ2n) is 5.38. The van der Waals surface area contributed by atoms with E-state index >= 15 is 0 Å². The Hall–Kier alpha value is -2.04. The summed E-state index contributed by atoms with van der Waals surface area (Å²) in [4.78, 5) is 22.6. The Morgan fingerprint density at radius 1 is 1.35 bits per heavy atom. The normalized spacial score (nSPS) is 11.2. The van der Waals surface area contributed by atoms with Gasteiger partial charge in [-0.1, -0.05) is 26.0 Å². The second kappa shape index (κ2) is 6.41. The highest BCUT2D eigenvalue weighted by molar-refractivity contribution is 5.97. The highest BCUT2D eigenvalue weighted by atomic mass is 16.5. The molecule has 110 valence electrons. The predicted molar refractivity (Wildman–Crippen MR) is 75.5 cm³/mol. The van der Waals surface area contributed by atoms with Crippen LogP contribution < -0.4 is 5.73 Å². The third-order valence-electron chi connectivity index (χ3n) is 3.43. The van der Waals surface area contributed by atoms with Gasteiger partial charge in [0, 0.05) is 6.42 Å². The van der Waals surface area contributed by atoms with E-state index in [0.717, 1.165) is 0 Å². The van der Waals surface area contributed by atoms with E-state index in [1.807, 2.05) is 13.8 Å². The van der Waals surface area contributed by atoms with Crippen molar-refractivity contribution < 1.29 is 19.4 Å². The number of benzene rings is 1. The molecule has 20 heavy (non-hydrogen) atoms. The fraction of sp³-hybridized carbons (Fsp3) is 0.467. The second-order valence-corrected chi connectivity index (χ2v) is 5.38. The molecule has 0 spiro atoms. The Labute approximate surface area is 118 Å². The van der Waals surface area contributed by atoms with E-state index in [4.69, 9.17) is 5.73 Å². The molecule has 0 atom stereocenters. The van der Waals surface area contributed by atoms with Crippen molar-refractivity contribution in [1.82, 2.24) is 0 Å². The molecular formula is C15H21NO4. The van der Waals surface area contributed by atoms with Gasteiger partial charge >= 0.3 is 5.97 Å². The van der Waals surface area contributed by atoms with Gasteiger partial charge in [0.1, 0.15) is 5.75 Å². The molecule has 0 bridgehead atoms. The summed E-state index contributed by atoms with van der Waals surface area (Å²) in [7, 11) is 1.36. The number of ether oxygens (including phenoxy) is 1. The van der Waals surface area contributed by atoms with Gasteiger partial charge in [0.05, 0.1) is 12.7 Å². The summed E-state index contributed by atoms with van der Waals surface area (Å²) >= 11 is 0. The van der Waals surface area contributed by atoms with Crippen LogP contribution in [0.5, 0.6) is 5.75 Å². The lowest BCUT2D eigenvalue weighted by atomic mass is 9.77. The summed E-state index contributed by atoms with van der Waals surface area (Å²) in [5.74, 6) is -1.03. The summed E-state index contributed by atoms with van der Waals surface area (Å²) in [6, 6.07) is 4.89. The van der Waals surface area contributed by atoms with Crippen molar-refractivity contribution in [2.24, 2.45) is 5.73 Å². The molecule has 0 aliphatic rings. The maximum Gasteiger partial charge on any atom is 0.305 e. The van der Waals surface area contributed by atoms with Crippen LogP contribution >= 0.6 is 0 Å². The first kappa shape index (κ1) is 16.0. The van der Waals surface area contributed by atoms with Crippen LogP contribution in [0.4, 0.5) is 0 Å². The molecule has 0 aliphatic carbocycles. The third kappa shape index (κ3) is 3.73. The smallest absolute Gasteiger partial charge is 0.305 e. The lowest BCUT2D eigenvalue weighted by Gasteiger charge is -2.27. The predicted octanol–water partition coefficient (Wildman–Crippen LogP) is 2.11. The standard InChI is InChI=1S/C15H21NO4/c1-15(2,9-5-8-12(18)20-3)10-6-4-7-11(17)13(10)14(16)19/h4,6-7,17H,5,8-9H2,1-3H3,(H2,16,19). The van der Waals surface area contributed by atoms with Gasteiger partial charge in [-0.3, -0.25) is 9.59 Å². The Balaban J connectivity index is 2.95. The summed E-state index contributed by atoms with van der Waals surface area (Å²) in [5.41, 5.74) is 5.80. The molecule has 3 N–H and O–H groups in total. The van der Waals surface area contributed by atoms with Gasteiger partial charge in [-0.2, -0.15) is 0 Å². The van der Waals surface area contributed by atoms with Crippen molar-refractivity contribution in [2.75, 3.05) is 7.11 Å². The molecule has 1 aromatic carbocycles. The Morgan fingerprint density at radius 2 is 2.00 bits per heavy atom.